The number of methoxy groups -OCH3 is 1. The van der Waals surface area contributed by atoms with Crippen LogP contribution in [0, 0.1) is 0 Å². The molecule has 3 nitrogen and oxygen atoms in total. The van der Waals surface area contributed by atoms with Gasteiger partial charge in [-0.1, -0.05) is 0 Å². The number of hydrogen-bond donors (Lipinski definition) is 1. The highest BCUT2D eigenvalue weighted by Gasteiger charge is 1.99. The fourth-order valence-corrected chi connectivity index (χ4v) is 2.00. The zero-order valence-corrected chi connectivity index (χ0v) is 10.3. The molecule has 0 aromatic carbocycles. The molecule has 0 radical (unpaired) electrons. The maximum atomic E-state index is 4.96. The number of nitrogens with one attached hydrogen (secondary N) is 1. The first-order valence-electron chi connectivity index (χ1n) is 5.22. The van der Waals surface area contributed by atoms with Crippen molar-refractivity contribution in [3.05, 3.63) is 22.4 Å². The molecule has 0 aliphatic heterocycles. The SMILES string of the molecule is COCCNCCN(C)Cc1ccsc1. The van der Waals surface area contributed by atoms with E-state index in [9.17, 15) is 0 Å². The van der Waals surface area contributed by atoms with Crippen LogP contribution in [0.15, 0.2) is 16.8 Å². The number of hydrogen-bond acceptors (Lipinski definition) is 4. The van der Waals surface area contributed by atoms with E-state index in [0.717, 1.165) is 32.8 Å². The van der Waals surface area contributed by atoms with E-state index in [2.05, 4.69) is 34.1 Å². The van der Waals surface area contributed by atoms with Crippen LogP contribution in [0.2, 0.25) is 0 Å². The van der Waals surface area contributed by atoms with Crippen LogP contribution in [-0.2, 0) is 11.3 Å². The molecule has 1 heterocycles. The maximum absolute atomic E-state index is 4.96. The van der Waals surface area contributed by atoms with Crippen LogP contribution in [0.5, 0.6) is 0 Å². The minimum absolute atomic E-state index is 0.786. The fraction of sp³-hybridized carbons (Fsp3) is 0.636. The van der Waals surface area contributed by atoms with Crippen LogP contribution in [0.4, 0.5) is 0 Å². The normalized spacial score (nSPS) is 11.1. The summed E-state index contributed by atoms with van der Waals surface area (Å²) in [6.07, 6.45) is 0. The predicted molar refractivity (Wildman–Crippen MR) is 65.4 cm³/mol. The molecule has 4 heteroatoms. The van der Waals surface area contributed by atoms with Gasteiger partial charge in [0.2, 0.25) is 0 Å². The molecule has 0 aliphatic rings. The molecule has 0 fully saturated rings. The average molecular weight is 228 g/mol. The molecule has 0 amide bonds. The van der Waals surface area contributed by atoms with Crippen molar-refractivity contribution in [3.63, 3.8) is 0 Å². The molecule has 0 unspecified atom stereocenters. The highest BCUT2D eigenvalue weighted by atomic mass is 32.1. The van der Waals surface area contributed by atoms with Crippen LogP contribution in [-0.4, -0.2) is 45.3 Å². The van der Waals surface area contributed by atoms with Gasteiger partial charge in [-0.2, -0.15) is 11.3 Å². The van der Waals surface area contributed by atoms with Crippen LogP contribution in [0.25, 0.3) is 0 Å². The van der Waals surface area contributed by atoms with Gasteiger partial charge < -0.3 is 15.0 Å². The molecule has 0 saturated carbocycles. The highest BCUT2D eigenvalue weighted by Crippen LogP contribution is 2.07. The summed E-state index contributed by atoms with van der Waals surface area (Å²) in [4.78, 5) is 2.32. The first-order valence-corrected chi connectivity index (χ1v) is 6.16. The predicted octanol–water partition coefficient (Wildman–Crippen LogP) is 1.42. The monoisotopic (exact) mass is 228 g/mol. The Balaban J connectivity index is 2.01. The largest absolute Gasteiger partial charge is 0.383 e. The van der Waals surface area contributed by atoms with Gasteiger partial charge in [0.25, 0.3) is 0 Å². The van der Waals surface area contributed by atoms with E-state index < -0.39 is 0 Å². The number of likely N-dealkylation sites (N-methyl/N-ethyl adjacent to an activating group) is 1. The van der Waals surface area contributed by atoms with E-state index in [-0.39, 0.29) is 0 Å². The van der Waals surface area contributed by atoms with E-state index in [1.807, 2.05) is 0 Å². The number of thiophene rings is 1. The van der Waals surface area contributed by atoms with Crippen molar-refractivity contribution < 1.29 is 4.74 Å². The molecule has 0 atom stereocenters. The van der Waals surface area contributed by atoms with Gasteiger partial charge in [0.05, 0.1) is 6.61 Å². The number of ether oxygens (including phenoxy) is 1. The molecule has 1 rings (SSSR count). The summed E-state index contributed by atoms with van der Waals surface area (Å²) in [6.45, 7) is 4.84. The summed E-state index contributed by atoms with van der Waals surface area (Å²) in [7, 11) is 3.88. The lowest BCUT2D eigenvalue weighted by molar-refractivity contribution is 0.197. The van der Waals surface area contributed by atoms with Crippen LogP contribution < -0.4 is 5.32 Å². The quantitative estimate of drug-likeness (QED) is 0.681. The Kier molecular flexibility index (Phi) is 6.59. The zero-order valence-electron chi connectivity index (χ0n) is 9.53. The van der Waals surface area contributed by atoms with Gasteiger partial charge in [0, 0.05) is 33.3 Å². The fourth-order valence-electron chi connectivity index (χ4n) is 1.34. The Bertz CT molecular complexity index is 239. The minimum Gasteiger partial charge on any atom is -0.383 e. The molecule has 86 valence electrons. The summed E-state index contributed by atoms with van der Waals surface area (Å²) in [5, 5.41) is 7.66. The summed E-state index contributed by atoms with van der Waals surface area (Å²) < 4.78 is 4.96. The molecule has 0 bridgehead atoms. The van der Waals surface area contributed by atoms with Crippen molar-refractivity contribution in [1.29, 1.82) is 0 Å². The highest BCUT2D eigenvalue weighted by molar-refractivity contribution is 7.07. The smallest absolute Gasteiger partial charge is 0.0587 e. The Morgan fingerprint density at radius 3 is 3.00 bits per heavy atom. The third-order valence-electron chi connectivity index (χ3n) is 2.19. The average Bonchev–Trinajstić information content (AvgIpc) is 2.70. The van der Waals surface area contributed by atoms with E-state index >= 15 is 0 Å². The third-order valence-corrected chi connectivity index (χ3v) is 2.92. The lowest BCUT2D eigenvalue weighted by atomic mass is 10.3. The Hall–Kier alpha value is -0.420. The molecule has 1 aromatic heterocycles. The minimum atomic E-state index is 0.786. The second kappa shape index (κ2) is 7.82. The summed E-state index contributed by atoms with van der Waals surface area (Å²) in [6, 6.07) is 2.18. The molecular weight excluding hydrogens is 208 g/mol. The third kappa shape index (κ3) is 5.89. The van der Waals surface area contributed by atoms with Crippen LogP contribution in [0.1, 0.15) is 5.56 Å². The summed E-state index contributed by atoms with van der Waals surface area (Å²) in [5.41, 5.74) is 1.40. The Labute approximate surface area is 96.0 Å². The second-order valence-electron chi connectivity index (χ2n) is 3.61. The standard InChI is InChI=1S/C11H20N2OS/c1-13(6-4-12-5-7-14-2)9-11-3-8-15-10-11/h3,8,10,12H,4-7,9H2,1-2H3. The topological polar surface area (TPSA) is 24.5 Å². The van der Waals surface area contributed by atoms with Gasteiger partial charge >= 0.3 is 0 Å². The number of rotatable bonds is 8. The van der Waals surface area contributed by atoms with Gasteiger partial charge in [0.1, 0.15) is 0 Å². The van der Waals surface area contributed by atoms with Gasteiger partial charge in [-0.25, -0.2) is 0 Å². The molecule has 0 aliphatic carbocycles. The van der Waals surface area contributed by atoms with Crippen molar-refractivity contribution in [3.8, 4) is 0 Å². The van der Waals surface area contributed by atoms with E-state index in [1.165, 1.54) is 5.56 Å². The summed E-state index contributed by atoms with van der Waals surface area (Å²) in [5.74, 6) is 0. The lowest BCUT2D eigenvalue weighted by Gasteiger charge is -2.15. The van der Waals surface area contributed by atoms with Crippen LogP contribution >= 0.6 is 11.3 Å². The molecule has 0 spiro atoms. The number of nitrogens with zero attached hydrogens (tertiary/aromatic N) is 1. The van der Waals surface area contributed by atoms with E-state index in [4.69, 9.17) is 4.74 Å². The van der Waals surface area contributed by atoms with Gasteiger partial charge in [-0.05, 0) is 29.4 Å². The molecular formula is C11H20N2OS. The van der Waals surface area contributed by atoms with Gasteiger partial charge in [0.15, 0.2) is 0 Å². The van der Waals surface area contributed by atoms with Crippen LogP contribution in [0.3, 0.4) is 0 Å². The van der Waals surface area contributed by atoms with Crippen molar-refractivity contribution >= 4 is 11.3 Å². The Morgan fingerprint density at radius 2 is 2.33 bits per heavy atom. The van der Waals surface area contributed by atoms with Crippen molar-refractivity contribution in [2.75, 3.05) is 40.4 Å². The zero-order chi connectivity index (χ0) is 10.9. The Morgan fingerprint density at radius 1 is 1.47 bits per heavy atom. The summed E-state index contributed by atoms with van der Waals surface area (Å²) >= 11 is 1.76. The van der Waals surface area contributed by atoms with Crippen molar-refractivity contribution in [1.82, 2.24) is 10.2 Å². The molecule has 15 heavy (non-hydrogen) atoms. The van der Waals surface area contributed by atoms with Gasteiger partial charge in [-0.15, -0.1) is 0 Å². The maximum Gasteiger partial charge on any atom is 0.0587 e. The van der Waals surface area contributed by atoms with E-state index in [1.54, 1.807) is 18.4 Å². The first-order chi connectivity index (χ1) is 7.33. The first kappa shape index (κ1) is 12.6. The van der Waals surface area contributed by atoms with E-state index in [0.29, 0.717) is 0 Å². The second-order valence-corrected chi connectivity index (χ2v) is 4.39. The molecule has 1 aromatic rings. The van der Waals surface area contributed by atoms with Crippen molar-refractivity contribution in [2.45, 2.75) is 6.54 Å². The van der Waals surface area contributed by atoms with Gasteiger partial charge in [-0.3, -0.25) is 0 Å². The van der Waals surface area contributed by atoms with Crippen molar-refractivity contribution in [2.24, 2.45) is 0 Å². The lowest BCUT2D eigenvalue weighted by Crippen LogP contribution is -2.30. The molecule has 0 saturated heterocycles. The molecule has 1 N–H and O–H groups in total.